The quantitative estimate of drug-likeness (QED) is 0.233. The van der Waals surface area contributed by atoms with E-state index in [1.165, 1.54) is 16.3 Å². The Kier molecular flexibility index (Phi) is 14.9. The van der Waals surface area contributed by atoms with E-state index in [9.17, 15) is 0 Å². The van der Waals surface area contributed by atoms with E-state index in [0.29, 0.717) is 13.2 Å². The number of halogens is 1. The van der Waals surface area contributed by atoms with Crippen molar-refractivity contribution >= 4 is 41.3 Å². The van der Waals surface area contributed by atoms with Gasteiger partial charge in [-0.05, 0) is 19.8 Å². The zero-order valence-corrected chi connectivity index (χ0v) is 17.7. The lowest BCUT2D eigenvalue weighted by atomic mass is 10.4. The van der Waals surface area contributed by atoms with E-state index in [1.807, 2.05) is 6.20 Å². The van der Waals surface area contributed by atoms with E-state index in [2.05, 4.69) is 41.4 Å². The maximum Gasteiger partial charge on any atom is 0.191 e. The molecule has 134 valence electrons. The standard InChI is InChI=1S/C16H30N4OS.HI/c1-4-7-11-21-12-10-19-16(17-6-3)18-9-8-15-20-13-14(5-2)22-15;/h13H,4-12H2,1-3H3,(H2,17,18,19);1H. The SMILES string of the molecule is CCCCOCCN=C(NCC)NCCc1ncc(CC)s1.I. The van der Waals surface area contributed by atoms with Crippen molar-refractivity contribution in [3.63, 3.8) is 0 Å². The lowest BCUT2D eigenvalue weighted by molar-refractivity contribution is 0.139. The molecular weight excluding hydrogens is 423 g/mol. The van der Waals surface area contributed by atoms with Gasteiger partial charge in [-0.25, -0.2) is 4.98 Å². The Morgan fingerprint density at radius 3 is 2.74 bits per heavy atom. The van der Waals surface area contributed by atoms with Crippen LogP contribution in [0.3, 0.4) is 0 Å². The number of aromatic nitrogens is 1. The molecule has 23 heavy (non-hydrogen) atoms. The second-order valence-electron chi connectivity index (χ2n) is 4.98. The van der Waals surface area contributed by atoms with Gasteiger partial charge in [0.2, 0.25) is 0 Å². The van der Waals surface area contributed by atoms with Crippen LogP contribution in [0.1, 0.15) is 43.5 Å². The van der Waals surface area contributed by atoms with E-state index in [1.54, 1.807) is 11.3 Å². The second-order valence-corrected chi connectivity index (χ2v) is 6.18. The highest BCUT2D eigenvalue weighted by Gasteiger charge is 2.01. The molecule has 0 aliphatic heterocycles. The molecular formula is C16H31IN4OS. The van der Waals surface area contributed by atoms with Crippen LogP contribution >= 0.6 is 35.3 Å². The Morgan fingerprint density at radius 2 is 2.09 bits per heavy atom. The predicted octanol–water partition coefficient (Wildman–Crippen LogP) is 3.24. The summed E-state index contributed by atoms with van der Waals surface area (Å²) in [5, 5.41) is 7.79. The average molecular weight is 454 g/mol. The summed E-state index contributed by atoms with van der Waals surface area (Å²) in [6.45, 7) is 10.3. The van der Waals surface area contributed by atoms with E-state index >= 15 is 0 Å². The Bertz CT molecular complexity index is 426. The van der Waals surface area contributed by atoms with Gasteiger partial charge in [0.15, 0.2) is 5.96 Å². The van der Waals surface area contributed by atoms with Crippen LogP contribution in [0, 0.1) is 0 Å². The molecule has 0 aromatic carbocycles. The summed E-state index contributed by atoms with van der Waals surface area (Å²) in [6, 6.07) is 0. The van der Waals surface area contributed by atoms with Gasteiger partial charge < -0.3 is 15.4 Å². The van der Waals surface area contributed by atoms with Gasteiger partial charge in [0, 0.05) is 37.2 Å². The molecule has 0 atom stereocenters. The maximum atomic E-state index is 5.52. The maximum absolute atomic E-state index is 5.52. The van der Waals surface area contributed by atoms with Crippen molar-refractivity contribution in [2.75, 3.05) is 32.8 Å². The van der Waals surface area contributed by atoms with Gasteiger partial charge in [-0.1, -0.05) is 20.3 Å². The third-order valence-electron chi connectivity index (χ3n) is 3.07. The third-order valence-corrected chi connectivity index (χ3v) is 4.27. The van der Waals surface area contributed by atoms with Crippen molar-refractivity contribution in [2.45, 2.75) is 46.5 Å². The number of aliphatic imine (C=N–C) groups is 1. The molecule has 0 fully saturated rings. The number of hydrogen-bond acceptors (Lipinski definition) is 4. The van der Waals surface area contributed by atoms with Crippen LogP contribution < -0.4 is 10.6 Å². The molecule has 0 saturated heterocycles. The number of rotatable bonds is 11. The topological polar surface area (TPSA) is 58.5 Å². The van der Waals surface area contributed by atoms with Gasteiger partial charge in [0.25, 0.3) is 0 Å². The Labute approximate surface area is 161 Å². The van der Waals surface area contributed by atoms with Crippen LogP contribution in [0.4, 0.5) is 0 Å². The Hall–Kier alpha value is -0.410. The molecule has 0 spiro atoms. The molecule has 1 rings (SSSR count). The first-order valence-corrected chi connectivity index (χ1v) is 9.15. The molecule has 2 N–H and O–H groups in total. The van der Waals surface area contributed by atoms with Crippen molar-refractivity contribution in [3.8, 4) is 0 Å². The fourth-order valence-electron chi connectivity index (χ4n) is 1.83. The summed E-state index contributed by atoms with van der Waals surface area (Å²) in [6.07, 6.45) is 6.27. The molecule has 1 heterocycles. The number of hydrogen-bond donors (Lipinski definition) is 2. The number of ether oxygens (including phenoxy) is 1. The van der Waals surface area contributed by atoms with Crippen LogP contribution in [0.5, 0.6) is 0 Å². The normalized spacial score (nSPS) is 11.2. The van der Waals surface area contributed by atoms with Crippen LogP contribution in [-0.2, 0) is 17.6 Å². The molecule has 0 aliphatic carbocycles. The minimum Gasteiger partial charge on any atom is -0.380 e. The number of aryl methyl sites for hydroxylation is 1. The van der Waals surface area contributed by atoms with Gasteiger partial charge >= 0.3 is 0 Å². The summed E-state index contributed by atoms with van der Waals surface area (Å²) in [7, 11) is 0. The monoisotopic (exact) mass is 454 g/mol. The molecule has 0 unspecified atom stereocenters. The van der Waals surface area contributed by atoms with E-state index < -0.39 is 0 Å². The fraction of sp³-hybridized carbons (Fsp3) is 0.750. The van der Waals surface area contributed by atoms with Gasteiger partial charge in [0.05, 0.1) is 18.2 Å². The molecule has 0 saturated carbocycles. The highest BCUT2D eigenvalue weighted by Crippen LogP contribution is 2.13. The van der Waals surface area contributed by atoms with Gasteiger partial charge in [-0.15, -0.1) is 35.3 Å². The lowest BCUT2D eigenvalue weighted by Gasteiger charge is -2.10. The fourth-order valence-corrected chi connectivity index (χ4v) is 2.69. The zero-order chi connectivity index (χ0) is 16.0. The number of nitrogens with zero attached hydrogens (tertiary/aromatic N) is 2. The Balaban J connectivity index is 0.00000484. The van der Waals surface area contributed by atoms with Crippen molar-refractivity contribution in [3.05, 3.63) is 16.1 Å². The van der Waals surface area contributed by atoms with Gasteiger partial charge in [-0.2, -0.15) is 0 Å². The highest BCUT2D eigenvalue weighted by molar-refractivity contribution is 14.0. The van der Waals surface area contributed by atoms with Crippen molar-refractivity contribution in [1.82, 2.24) is 15.6 Å². The highest BCUT2D eigenvalue weighted by atomic mass is 127. The molecule has 0 radical (unpaired) electrons. The zero-order valence-electron chi connectivity index (χ0n) is 14.6. The van der Waals surface area contributed by atoms with Crippen LogP contribution in [0.25, 0.3) is 0 Å². The molecule has 7 heteroatoms. The lowest BCUT2D eigenvalue weighted by Crippen LogP contribution is -2.38. The van der Waals surface area contributed by atoms with Crippen LogP contribution in [-0.4, -0.2) is 43.8 Å². The number of guanidine groups is 1. The molecule has 1 aromatic heterocycles. The summed E-state index contributed by atoms with van der Waals surface area (Å²) < 4.78 is 5.52. The van der Waals surface area contributed by atoms with E-state index in [-0.39, 0.29) is 24.0 Å². The number of nitrogens with one attached hydrogen (secondary N) is 2. The molecule has 0 aliphatic rings. The van der Waals surface area contributed by atoms with Crippen molar-refractivity contribution in [2.24, 2.45) is 4.99 Å². The van der Waals surface area contributed by atoms with E-state index in [0.717, 1.165) is 44.9 Å². The number of unbranched alkanes of at least 4 members (excludes halogenated alkanes) is 1. The van der Waals surface area contributed by atoms with E-state index in [4.69, 9.17) is 4.74 Å². The first-order chi connectivity index (χ1) is 10.8. The largest absolute Gasteiger partial charge is 0.380 e. The number of thiazole rings is 1. The summed E-state index contributed by atoms with van der Waals surface area (Å²) in [5.74, 6) is 0.855. The summed E-state index contributed by atoms with van der Waals surface area (Å²) >= 11 is 1.80. The first-order valence-electron chi connectivity index (χ1n) is 8.33. The first kappa shape index (κ1) is 22.6. The molecule has 0 bridgehead atoms. The molecule has 5 nitrogen and oxygen atoms in total. The van der Waals surface area contributed by atoms with Crippen LogP contribution in [0.15, 0.2) is 11.2 Å². The van der Waals surface area contributed by atoms with Gasteiger partial charge in [0.1, 0.15) is 0 Å². The summed E-state index contributed by atoms with van der Waals surface area (Å²) in [4.78, 5) is 10.3. The molecule has 0 amide bonds. The second kappa shape index (κ2) is 15.1. The third kappa shape index (κ3) is 10.9. The predicted molar refractivity (Wildman–Crippen MR) is 110 cm³/mol. The minimum atomic E-state index is 0. The van der Waals surface area contributed by atoms with Gasteiger partial charge in [-0.3, -0.25) is 4.99 Å². The summed E-state index contributed by atoms with van der Waals surface area (Å²) in [5.41, 5.74) is 0. The Morgan fingerprint density at radius 1 is 1.26 bits per heavy atom. The molecule has 1 aromatic rings. The van der Waals surface area contributed by atoms with Crippen LogP contribution in [0.2, 0.25) is 0 Å². The average Bonchev–Trinajstić information content (AvgIpc) is 2.98. The minimum absolute atomic E-state index is 0. The van der Waals surface area contributed by atoms with Crippen molar-refractivity contribution in [1.29, 1.82) is 0 Å². The smallest absolute Gasteiger partial charge is 0.191 e. The van der Waals surface area contributed by atoms with Crippen molar-refractivity contribution < 1.29 is 4.74 Å².